The van der Waals surface area contributed by atoms with Crippen LogP contribution in [0.25, 0.3) is 17.0 Å². The molecule has 4 aromatic rings. The van der Waals surface area contributed by atoms with E-state index in [4.69, 9.17) is 40.2 Å². The van der Waals surface area contributed by atoms with Crippen molar-refractivity contribution in [1.29, 1.82) is 0 Å². The Kier molecular flexibility index (Phi) is 7.63. The van der Waals surface area contributed by atoms with Gasteiger partial charge in [-0.2, -0.15) is 0 Å². The Balaban J connectivity index is 1.49. The van der Waals surface area contributed by atoms with E-state index in [1.54, 1.807) is 18.1 Å². The second-order valence-corrected chi connectivity index (χ2v) is 11.3. The number of hydrogen-bond donors (Lipinski definition) is 0. The molecule has 3 aromatic carbocycles. The van der Waals surface area contributed by atoms with Gasteiger partial charge in [0, 0.05) is 33.7 Å². The van der Waals surface area contributed by atoms with E-state index < -0.39 is 0 Å². The van der Waals surface area contributed by atoms with Crippen LogP contribution in [-0.2, 0) is 24.3 Å². The van der Waals surface area contributed by atoms with Gasteiger partial charge in [0.25, 0.3) is 5.91 Å². The molecular weight excluding hydrogens is 543 g/mol. The van der Waals surface area contributed by atoms with Gasteiger partial charge in [-0.1, -0.05) is 90.5 Å². The van der Waals surface area contributed by atoms with Crippen LogP contribution >= 0.6 is 47.2 Å². The molecule has 37 heavy (non-hydrogen) atoms. The summed E-state index contributed by atoms with van der Waals surface area (Å²) >= 11 is 19.5. The summed E-state index contributed by atoms with van der Waals surface area (Å²) in [5.74, 6) is 0.691. The Bertz CT molecular complexity index is 1540. The van der Waals surface area contributed by atoms with E-state index in [1.807, 2.05) is 42.5 Å². The topological polar surface area (TPSA) is 34.5 Å². The number of ether oxygens (including phenoxy) is 1. The van der Waals surface area contributed by atoms with E-state index >= 15 is 0 Å². The molecule has 5 rings (SSSR count). The predicted molar refractivity (Wildman–Crippen MR) is 159 cm³/mol. The monoisotopic (exact) mass is 566 g/mol. The average molecular weight is 568 g/mol. The molecule has 1 aliphatic heterocycles. The molecule has 188 valence electrons. The number of halogens is 2. The lowest BCUT2D eigenvalue weighted by Crippen LogP contribution is -2.27. The summed E-state index contributed by atoms with van der Waals surface area (Å²) in [7, 11) is 1.63. The van der Waals surface area contributed by atoms with Gasteiger partial charge in [0.1, 0.15) is 10.1 Å². The Labute approximate surface area is 235 Å². The molecule has 1 fully saturated rings. The second kappa shape index (κ2) is 10.9. The number of benzene rings is 3. The number of amides is 1. The number of methoxy groups -OCH3 is 1. The molecule has 1 amide bonds. The van der Waals surface area contributed by atoms with E-state index in [-0.39, 0.29) is 5.91 Å². The van der Waals surface area contributed by atoms with Gasteiger partial charge in [-0.05, 0) is 53.5 Å². The van der Waals surface area contributed by atoms with Crippen molar-refractivity contribution in [3.05, 3.63) is 104 Å². The Morgan fingerprint density at radius 1 is 1.03 bits per heavy atom. The van der Waals surface area contributed by atoms with E-state index in [0.29, 0.717) is 32.4 Å². The van der Waals surface area contributed by atoms with E-state index in [1.165, 1.54) is 17.3 Å². The number of aromatic nitrogens is 1. The molecule has 0 atom stereocenters. The van der Waals surface area contributed by atoms with Crippen molar-refractivity contribution >= 4 is 74.4 Å². The first-order valence-electron chi connectivity index (χ1n) is 11.8. The minimum Gasteiger partial charge on any atom is -0.497 e. The van der Waals surface area contributed by atoms with Gasteiger partial charge in [0.15, 0.2) is 0 Å². The zero-order valence-electron chi connectivity index (χ0n) is 20.3. The lowest BCUT2D eigenvalue weighted by atomic mass is 10.1. The second-order valence-electron chi connectivity index (χ2n) is 8.73. The third-order valence-electron chi connectivity index (χ3n) is 6.41. The normalized spacial score (nSPS) is 14.8. The zero-order valence-corrected chi connectivity index (χ0v) is 23.5. The Hall–Kier alpha value is -2.77. The number of thioether (sulfide) groups is 1. The highest BCUT2D eigenvalue weighted by atomic mass is 35.5. The Morgan fingerprint density at radius 3 is 2.51 bits per heavy atom. The van der Waals surface area contributed by atoms with Gasteiger partial charge in [-0.25, -0.2) is 0 Å². The van der Waals surface area contributed by atoms with Gasteiger partial charge in [0.05, 0.1) is 24.1 Å². The molecule has 0 radical (unpaired) electrons. The maximum atomic E-state index is 13.4. The molecule has 0 spiro atoms. The fraction of sp³-hybridized carbons (Fsp3) is 0.172. The third kappa shape index (κ3) is 5.30. The maximum absolute atomic E-state index is 13.4. The number of carbonyl (C=O) groups excluding carboxylic acids is 1. The fourth-order valence-electron chi connectivity index (χ4n) is 4.51. The van der Waals surface area contributed by atoms with Crippen molar-refractivity contribution in [3.8, 4) is 5.75 Å². The fourth-order valence-corrected chi connectivity index (χ4v) is 6.23. The first-order valence-corrected chi connectivity index (χ1v) is 13.8. The van der Waals surface area contributed by atoms with Crippen LogP contribution in [-0.4, -0.2) is 26.8 Å². The Morgan fingerprint density at radius 2 is 1.81 bits per heavy atom. The summed E-state index contributed by atoms with van der Waals surface area (Å²) < 4.78 is 7.99. The molecular formula is C29H24Cl2N2O2S2. The molecule has 0 unspecified atom stereocenters. The number of fused-ring (bicyclic) bond motifs is 1. The van der Waals surface area contributed by atoms with Crippen molar-refractivity contribution in [2.24, 2.45) is 0 Å². The molecule has 1 aliphatic rings. The highest BCUT2D eigenvalue weighted by Crippen LogP contribution is 2.36. The number of hydrogen-bond acceptors (Lipinski definition) is 4. The number of nitrogens with zero attached hydrogens (tertiary/aromatic N) is 2. The van der Waals surface area contributed by atoms with Crippen LogP contribution in [0.3, 0.4) is 0 Å². The summed E-state index contributed by atoms with van der Waals surface area (Å²) in [5.41, 5.74) is 5.30. The lowest BCUT2D eigenvalue weighted by molar-refractivity contribution is -0.122. The molecule has 4 nitrogen and oxygen atoms in total. The van der Waals surface area contributed by atoms with Gasteiger partial charge in [-0.15, -0.1) is 0 Å². The zero-order chi connectivity index (χ0) is 26.1. The summed E-state index contributed by atoms with van der Waals surface area (Å²) in [6.07, 6.45) is 4.93. The molecule has 0 aliphatic carbocycles. The van der Waals surface area contributed by atoms with Crippen LogP contribution in [0.5, 0.6) is 5.75 Å². The average Bonchev–Trinajstić information content (AvgIpc) is 3.38. The highest BCUT2D eigenvalue weighted by molar-refractivity contribution is 8.26. The largest absolute Gasteiger partial charge is 0.497 e. The van der Waals surface area contributed by atoms with Crippen molar-refractivity contribution in [3.63, 3.8) is 0 Å². The van der Waals surface area contributed by atoms with Gasteiger partial charge in [0.2, 0.25) is 0 Å². The number of carbonyl (C=O) groups is 1. The van der Waals surface area contributed by atoms with Crippen LogP contribution in [0.2, 0.25) is 10.0 Å². The van der Waals surface area contributed by atoms with Crippen molar-refractivity contribution in [2.75, 3.05) is 7.11 Å². The van der Waals surface area contributed by atoms with Gasteiger partial charge >= 0.3 is 0 Å². The molecule has 2 heterocycles. The third-order valence-corrected chi connectivity index (χ3v) is 8.37. The molecule has 0 N–H and O–H groups in total. The van der Waals surface area contributed by atoms with Gasteiger partial charge in [-0.3, -0.25) is 9.69 Å². The summed E-state index contributed by atoms with van der Waals surface area (Å²) in [6, 6.07) is 19.5. The molecule has 0 bridgehead atoms. The summed E-state index contributed by atoms with van der Waals surface area (Å²) in [4.78, 5) is 15.6. The van der Waals surface area contributed by atoms with E-state index in [0.717, 1.165) is 39.8 Å². The minimum atomic E-state index is -0.0842. The molecule has 0 saturated carbocycles. The number of thiocarbonyl (C=S) groups is 1. The SMILES string of the molecule is CCc1cccc2c(/C=C3\SC(=S)N(Cc4ccc(OC)cc4)C3=O)cn(Cc3ccc(Cl)cc3Cl)c12. The molecule has 8 heteroatoms. The quantitative estimate of drug-likeness (QED) is 0.168. The standard InChI is InChI=1S/C29H24Cl2N2O2S2/c1-3-19-5-4-6-24-21(17-32(27(19)24)16-20-9-10-22(30)14-25(20)31)13-26-28(34)33(29(36)37-26)15-18-7-11-23(35-2)12-8-18/h4-14,17H,3,15-16H2,1-2H3/b26-13-. The van der Waals surface area contributed by atoms with Gasteiger partial charge < -0.3 is 9.30 Å². The smallest absolute Gasteiger partial charge is 0.266 e. The first-order chi connectivity index (χ1) is 17.9. The number of aryl methyl sites for hydroxylation is 1. The van der Waals surface area contributed by atoms with Crippen LogP contribution < -0.4 is 4.74 Å². The number of para-hydroxylation sites is 1. The van der Waals surface area contributed by atoms with Crippen LogP contribution in [0.1, 0.15) is 29.2 Å². The summed E-state index contributed by atoms with van der Waals surface area (Å²) in [5, 5.41) is 2.33. The number of rotatable bonds is 7. The first kappa shape index (κ1) is 25.9. The molecule has 1 aromatic heterocycles. The maximum Gasteiger partial charge on any atom is 0.266 e. The van der Waals surface area contributed by atoms with Crippen LogP contribution in [0, 0.1) is 0 Å². The predicted octanol–water partition coefficient (Wildman–Crippen LogP) is 7.97. The van der Waals surface area contributed by atoms with Crippen LogP contribution in [0.4, 0.5) is 0 Å². The minimum absolute atomic E-state index is 0.0842. The molecule has 1 saturated heterocycles. The van der Waals surface area contributed by atoms with Crippen LogP contribution in [0.15, 0.2) is 71.8 Å². The summed E-state index contributed by atoms with van der Waals surface area (Å²) in [6.45, 7) is 3.16. The van der Waals surface area contributed by atoms with E-state index in [2.05, 4.69) is 35.9 Å². The highest BCUT2D eigenvalue weighted by Gasteiger charge is 2.32. The van der Waals surface area contributed by atoms with Crippen molar-refractivity contribution in [2.45, 2.75) is 26.4 Å². The lowest BCUT2D eigenvalue weighted by Gasteiger charge is -2.14. The van der Waals surface area contributed by atoms with E-state index in [9.17, 15) is 4.79 Å². The van der Waals surface area contributed by atoms with Crippen molar-refractivity contribution in [1.82, 2.24) is 9.47 Å². The van der Waals surface area contributed by atoms with Crippen molar-refractivity contribution < 1.29 is 9.53 Å².